The standard InChI is InChI=1S/C27H34N2O4/c1-3-33-23-16-15-19(17-24(23)32-2)18-29-25(21-13-9-10-14-22(21)27(29)31)26(30)28-20-11-7-5-4-6-8-12-20/h9-10,13-17,20,25H,3-8,11-12,18H2,1-2H3,(H,28,30). The highest BCUT2D eigenvalue weighted by Crippen LogP contribution is 2.36. The molecule has 0 radical (unpaired) electrons. The van der Waals surface area contributed by atoms with Crippen LogP contribution in [0.4, 0.5) is 0 Å². The quantitative estimate of drug-likeness (QED) is 0.643. The van der Waals surface area contributed by atoms with Gasteiger partial charge in [0, 0.05) is 18.2 Å². The van der Waals surface area contributed by atoms with Crippen molar-refractivity contribution in [2.75, 3.05) is 13.7 Å². The second kappa shape index (κ2) is 10.7. The second-order valence-electron chi connectivity index (χ2n) is 8.89. The summed E-state index contributed by atoms with van der Waals surface area (Å²) in [7, 11) is 1.60. The fraction of sp³-hybridized carbons (Fsp3) is 0.481. The molecule has 0 spiro atoms. The Morgan fingerprint density at radius 3 is 2.48 bits per heavy atom. The van der Waals surface area contributed by atoms with Crippen LogP contribution < -0.4 is 14.8 Å². The van der Waals surface area contributed by atoms with Crippen LogP contribution in [0.2, 0.25) is 0 Å². The Morgan fingerprint density at radius 2 is 1.76 bits per heavy atom. The van der Waals surface area contributed by atoms with Crippen LogP contribution in [-0.2, 0) is 11.3 Å². The van der Waals surface area contributed by atoms with Crippen LogP contribution in [0.25, 0.3) is 0 Å². The Bertz CT molecular complexity index is 982. The van der Waals surface area contributed by atoms with E-state index in [1.807, 2.05) is 49.4 Å². The topological polar surface area (TPSA) is 67.9 Å². The van der Waals surface area contributed by atoms with E-state index in [0.29, 0.717) is 30.2 Å². The van der Waals surface area contributed by atoms with Gasteiger partial charge in [-0.2, -0.15) is 0 Å². The summed E-state index contributed by atoms with van der Waals surface area (Å²) in [6, 6.07) is 12.7. The Hall–Kier alpha value is -3.02. The molecule has 176 valence electrons. The number of carbonyl (C=O) groups is 2. The van der Waals surface area contributed by atoms with Gasteiger partial charge in [0.15, 0.2) is 11.5 Å². The summed E-state index contributed by atoms with van der Waals surface area (Å²) in [6.45, 7) is 2.78. The minimum Gasteiger partial charge on any atom is -0.493 e. The normalized spacial score (nSPS) is 18.9. The van der Waals surface area contributed by atoms with Crippen LogP contribution in [0.1, 0.15) is 79.4 Å². The van der Waals surface area contributed by atoms with Crippen molar-refractivity contribution in [3.63, 3.8) is 0 Å². The molecule has 0 saturated heterocycles. The van der Waals surface area contributed by atoms with E-state index in [1.54, 1.807) is 12.0 Å². The summed E-state index contributed by atoms with van der Waals surface area (Å²) in [5.74, 6) is 1.08. The predicted octanol–water partition coefficient (Wildman–Crippen LogP) is 5.02. The maximum absolute atomic E-state index is 13.5. The lowest BCUT2D eigenvalue weighted by Gasteiger charge is -2.28. The highest BCUT2D eigenvalue weighted by atomic mass is 16.5. The number of fused-ring (bicyclic) bond motifs is 1. The van der Waals surface area contributed by atoms with E-state index in [-0.39, 0.29) is 17.9 Å². The zero-order chi connectivity index (χ0) is 23.2. The van der Waals surface area contributed by atoms with Crippen molar-refractivity contribution in [2.45, 2.75) is 70.5 Å². The lowest BCUT2D eigenvalue weighted by molar-refractivity contribution is -0.126. The molecule has 1 N–H and O–H groups in total. The molecule has 2 aliphatic rings. The van der Waals surface area contributed by atoms with Gasteiger partial charge in [0.2, 0.25) is 5.91 Å². The zero-order valence-corrected chi connectivity index (χ0v) is 19.6. The van der Waals surface area contributed by atoms with Gasteiger partial charge in [-0.25, -0.2) is 0 Å². The first-order chi connectivity index (χ1) is 16.1. The lowest BCUT2D eigenvalue weighted by Crippen LogP contribution is -2.43. The fourth-order valence-corrected chi connectivity index (χ4v) is 4.98. The molecule has 6 heteroatoms. The van der Waals surface area contributed by atoms with Crippen molar-refractivity contribution >= 4 is 11.8 Å². The highest BCUT2D eigenvalue weighted by molar-refractivity contribution is 6.04. The molecule has 2 amide bonds. The van der Waals surface area contributed by atoms with Crippen LogP contribution in [0, 0.1) is 0 Å². The number of rotatable bonds is 7. The molecule has 1 aliphatic heterocycles. The third-order valence-corrected chi connectivity index (χ3v) is 6.64. The van der Waals surface area contributed by atoms with Crippen molar-refractivity contribution in [2.24, 2.45) is 0 Å². The fourth-order valence-electron chi connectivity index (χ4n) is 4.98. The van der Waals surface area contributed by atoms with Crippen LogP contribution in [0.5, 0.6) is 11.5 Å². The number of nitrogens with one attached hydrogen (secondary N) is 1. The first-order valence-corrected chi connectivity index (χ1v) is 12.1. The van der Waals surface area contributed by atoms with Gasteiger partial charge in [0.1, 0.15) is 6.04 Å². The summed E-state index contributed by atoms with van der Waals surface area (Å²) in [4.78, 5) is 28.5. The highest BCUT2D eigenvalue weighted by Gasteiger charge is 2.41. The number of nitrogens with zero attached hydrogens (tertiary/aromatic N) is 1. The monoisotopic (exact) mass is 450 g/mol. The van der Waals surface area contributed by atoms with Gasteiger partial charge in [0.25, 0.3) is 5.91 Å². The number of methoxy groups -OCH3 is 1. The molecule has 33 heavy (non-hydrogen) atoms. The third kappa shape index (κ3) is 5.15. The van der Waals surface area contributed by atoms with Crippen LogP contribution >= 0.6 is 0 Å². The first-order valence-electron chi connectivity index (χ1n) is 12.1. The molecular formula is C27H34N2O4. The first kappa shape index (κ1) is 23.1. The molecule has 1 unspecified atom stereocenters. The van der Waals surface area contributed by atoms with Crippen molar-refractivity contribution < 1.29 is 19.1 Å². The number of carbonyl (C=O) groups excluding carboxylic acids is 2. The van der Waals surface area contributed by atoms with Gasteiger partial charge < -0.3 is 19.7 Å². The Kier molecular flexibility index (Phi) is 7.53. The molecule has 1 aliphatic carbocycles. The zero-order valence-electron chi connectivity index (χ0n) is 19.6. The van der Waals surface area contributed by atoms with Gasteiger partial charge in [-0.05, 0) is 49.1 Å². The van der Waals surface area contributed by atoms with Gasteiger partial charge >= 0.3 is 0 Å². The summed E-state index contributed by atoms with van der Waals surface area (Å²) < 4.78 is 11.1. The van der Waals surface area contributed by atoms with E-state index in [4.69, 9.17) is 9.47 Å². The van der Waals surface area contributed by atoms with Crippen LogP contribution in [0.3, 0.4) is 0 Å². The summed E-state index contributed by atoms with van der Waals surface area (Å²) in [5.41, 5.74) is 2.28. The average Bonchev–Trinajstić information content (AvgIpc) is 3.08. The molecule has 2 aromatic rings. The molecule has 1 fully saturated rings. The minimum atomic E-state index is -0.628. The lowest BCUT2D eigenvalue weighted by atomic mass is 9.96. The van der Waals surface area contributed by atoms with Gasteiger partial charge in [-0.15, -0.1) is 0 Å². The molecule has 1 atom stereocenters. The molecule has 6 nitrogen and oxygen atoms in total. The number of ether oxygens (including phenoxy) is 2. The van der Waals surface area contributed by atoms with E-state index in [0.717, 1.165) is 36.8 Å². The van der Waals surface area contributed by atoms with E-state index in [2.05, 4.69) is 5.32 Å². The Morgan fingerprint density at radius 1 is 1.03 bits per heavy atom. The van der Waals surface area contributed by atoms with E-state index in [9.17, 15) is 9.59 Å². The maximum atomic E-state index is 13.5. The second-order valence-corrected chi connectivity index (χ2v) is 8.89. The van der Waals surface area contributed by atoms with Crippen molar-refractivity contribution in [1.29, 1.82) is 0 Å². The van der Waals surface area contributed by atoms with Gasteiger partial charge in [-0.1, -0.05) is 56.4 Å². The number of benzene rings is 2. The molecule has 0 aromatic heterocycles. The van der Waals surface area contributed by atoms with Gasteiger partial charge in [-0.3, -0.25) is 9.59 Å². The smallest absolute Gasteiger partial charge is 0.255 e. The molecule has 1 heterocycles. The predicted molar refractivity (Wildman–Crippen MR) is 127 cm³/mol. The summed E-state index contributed by atoms with van der Waals surface area (Å²) in [5, 5.41) is 3.28. The van der Waals surface area contributed by atoms with Crippen LogP contribution in [0.15, 0.2) is 42.5 Å². The largest absolute Gasteiger partial charge is 0.493 e. The Balaban J connectivity index is 1.58. The molecular weight excluding hydrogens is 416 g/mol. The molecule has 2 aromatic carbocycles. The minimum absolute atomic E-state index is 0.0863. The Labute approximate surface area is 196 Å². The SMILES string of the molecule is CCOc1ccc(CN2C(=O)c3ccccc3C2C(=O)NC2CCCCCCC2)cc1OC. The third-order valence-electron chi connectivity index (χ3n) is 6.64. The van der Waals surface area contributed by atoms with Crippen molar-refractivity contribution in [3.05, 3.63) is 59.2 Å². The van der Waals surface area contributed by atoms with Crippen molar-refractivity contribution in [3.8, 4) is 11.5 Å². The van der Waals surface area contributed by atoms with E-state index in [1.165, 1.54) is 19.3 Å². The molecule has 1 saturated carbocycles. The molecule has 0 bridgehead atoms. The molecule has 4 rings (SSSR count). The van der Waals surface area contributed by atoms with Crippen LogP contribution in [-0.4, -0.2) is 36.5 Å². The summed E-state index contributed by atoms with van der Waals surface area (Å²) >= 11 is 0. The van der Waals surface area contributed by atoms with E-state index >= 15 is 0 Å². The van der Waals surface area contributed by atoms with Crippen molar-refractivity contribution in [1.82, 2.24) is 10.2 Å². The summed E-state index contributed by atoms with van der Waals surface area (Å²) in [6.07, 6.45) is 8.02. The maximum Gasteiger partial charge on any atom is 0.255 e. The average molecular weight is 451 g/mol. The number of amides is 2. The van der Waals surface area contributed by atoms with E-state index < -0.39 is 6.04 Å². The van der Waals surface area contributed by atoms with Gasteiger partial charge in [0.05, 0.1) is 13.7 Å². The number of hydrogen-bond acceptors (Lipinski definition) is 4. The number of hydrogen-bond donors (Lipinski definition) is 1.